The summed E-state index contributed by atoms with van der Waals surface area (Å²) >= 11 is 0. The second-order valence-corrected chi connectivity index (χ2v) is 23.9. The number of ketones is 3. The van der Waals surface area contributed by atoms with Crippen molar-refractivity contribution in [1.82, 2.24) is 4.90 Å². The van der Waals surface area contributed by atoms with E-state index in [9.17, 15) is 59.4 Å². The van der Waals surface area contributed by atoms with Crippen molar-refractivity contribution < 1.29 is 82.0 Å². The van der Waals surface area contributed by atoms with Gasteiger partial charge in [0.05, 0.1) is 49.8 Å². The van der Waals surface area contributed by atoms with Crippen molar-refractivity contribution in [3.63, 3.8) is 0 Å². The van der Waals surface area contributed by atoms with Gasteiger partial charge in [0, 0.05) is 64.4 Å². The quantitative estimate of drug-likeness (QED) is 0.0943. The largest absolute Gasteiger partial charge is 0.465 e. The van der Waals surface area contributed by atoms with Crippen LogP contribution in [-0.2, 0) is 66.7 Å². The Bertz CT molecular complexity index is 2410. The van der Waals surface area contributed by atoms with E-state index in [0.29, 0.717) is 50.5 Å². The van der Waals surface area contributed by atoms with Gasteiger partial charge >= 0.3 is 17.9 Å². The number of hydrogen-bond donors (Lipinski definition) is 3. The highest BCUT2D eigenvalue weighted by molar-refractivity contribution is 6.39. The topological polar surface area (TPSA) is 296 Å². The third-order valence-corrected chi connectivity index (χ3v) is 18.7. The Morgan fingerprint density at radius 3 is 2.06 bits per heavy atom. The number of piperidine rings is 1. The van der Waals surface area contributed by atoms with Crippen LogP contribution in [0, 0.1) is 80.8 Å². The van der Waals surface area contributed by atoms with Crippen molar-refractivity contribution in [2.75, 3.05) is 41.1 Å². The number of esters is 3. The highest BCUT2D eigenvalue weighted by atomic mass is 16.6. The number of ether oxygens (including phenoxy) is 7. The van der Waals surface area contributed by atoms with Gasteiger partial charge in [-0.15, -0.1) is 0 Å². The highest BCUT2D eigenvalue weighted by Crippen LogP contribution is 2.61. The van der Waals surface area contributed by atoms with Gasteiger partial charge in [-0.25, -0.2) is 4.79 Å². The number of nitriles is 2. The molecule has 0 aromatic carbocycles. The van der Waals surface area contributed by atoms with Crippen LogP contribution in [-0.4, -0.2) is 157 Å². The Balaban J connectivity index is 1.64. The molecule has 4 heterocycles. The lowest BCUT2D eigenvalue weighted by molar-refractivity contribution is -0.265. The Morgan fingerprint density at radius 1 is 0.802 bits per heavy atom. The molecular formula is C61H91N3O17. The van der Waals surface area contributed by atoms with Gasteiger partial charge < -0.3 is 53.4 Å². The minimum absolute atomic E-state index is 0.00318. The molecule has 4 aliphatic heterocycles. The number of aliphatic hydroxyl groups excluding tert-OH is 2. The second-order valence-electron chi connectivity index (χ2n) is 23.9. The van der Waals surface area contributed by atoms with Gasteiger partial charge in [0.1, 0.15) is 30.1 Å². The molecule has 4 fully saturated rings. The number of carbonyl (C=O) groups excluding carboxylic acids is 7. The minimum Gasteiger partial charge on any atom is -0.465 e. The minimum atomic E-state index is -2.64. The summed E-state index contributed by atoms with van der Waals surface area (Å²) in [6.45, 7) is 14.3. The molecule has 0 radical (unpaired) electrons. The predicted octanol–water partition coefficient (Wildman–Crippen LogP) is 6.24. The summed E-state index contributed by atoms with van der Waals surface area (Å²) < 4.78 is 41.0. The van der Waals surface area contributed by atoms with Crippen LogP contribution in [0.1, 0.15) is 152 Å². The molecule has 0 aromatic rings. The van der Waals surface area contributed by atoms with Crippen LogP contribution >= 0.6 is 0 Å². The standard InChI is InChI=1S/C61H91N3O17/c1-13-78-57(72)59(32-62)42-20-22-44(60(59,33-63)58(73)79-14-2)34(3)25-38(7)51(67)53(77-12)52(68)39(8)26-35(4)47(66)31-49(36(5)27-41-19-23-46(65)50(29-41)76-11)80-56(71)45-17-15-16-24-64(45)55(70)54(69)61(74)40(9)18-21-43(81-61)30-48(75-10)37(6)28-42/h26,28,34-36,38,40-46,48-50,52-53,65,68,74H,13-25,27,29-31H2,1-12H3/b37-28+,39-26-. The Morgan fingerprint density at radius 2 is 1.46 bits per heavy atom. The molecule has 1 amide bonds. The zero-order valence-corrected chi connectivity index (χ0v) is 49.8. The zero-order chi connectivity index (χ0) is 60.3. The first-order valence-electron chi connectivity index (χ1n) is 29.3. The molecule has 452 valence electrons. The molecule has 0 spiro atoms. The number of Topliss-reactive ketones (excluding diaryl/α,β-unsaturated/α-hetero) is 3. The fourth-order valence-electron chi connectivity index (χ4n) is 13.8. The normalized spacial score (nSPS) is 40.0. The molecule has 81 heavy (non-hydrogen) atoms. The molecule has 6 aliphatic rings. The Labute approximate surface area is 478 Å². The third-order valence-electron chi connectivity index (χ3n) is 18.7. The molecule has 4 bridgehead atoms. The number of fused-ring (bicyclic) bond motifs is 17. The third kappa shape index (κ3) is 14.0. The van der Waals surface area contributed by atoms with E-state index < -0.39 is 142 Å². The number of rotatable bonds is 10. The first-order chi connectivity index (χ1) is 38.3. The fraction of sp³-hybridized carbons (Fsp3) is 0.787. The highest BCUT2D eigenvalue weighted by Gasteiger charge is 2.73. The summed E-state index contributed by atoms with van der Waals surface area (Å²) in [6.07, 6.45) is 0.0759. The average molecular weight is 1140 g/mol. The van der Waals surface area contributed by atoms with Crippen LogP contribution in [0.25, 0.3) is 0 Å². The summed E-state index contributed by atoms with van der Waals surface area (Å²) in [5, 5.41) is 57.6. The van der Waals surface area contributed by atoms with Crippen molar-refractivity contribution >= 4 is 41.2 Å². The molecule has 0 aromatic heterocycles. The summed E-state index contributed by atoms with van der Waals surface area (Å²) in [6, 6.07) is 3.01. The van der Waals surface area contributed by atoms with Gasteiger partial charge in [-0.2, -0.15) is 10.5 Å². The van der Waals surface area contributed by atoms with Crippen molar-refractivity contribution in [2.45, 2.75) is 207 Å². The molecule has 2 aliphatic carbocycles. The zero-order valence-electron chi connectivity index (χ0n) is 49.8. The molecule has 19 atom stereocenters. The smallest absolute Gasteiger partial charge is 0.329 e. The van der Waals surface area contributed by atoms with Gasteiger partial charge in [0.15, 0.2) is 16.6 Å². The fourth-order valence-corrected chi connectivity index (χ4v) is 13.8. The summed E-state index contributed by atoms with van der Waals surface area (Å²) in [7, 11) is 4.22. The van der Waals surface area contributed by atoms with Gasteiger partial charge in [-0.3, -0.25) is 28.8 Å². The van der Waals surface area contributed by atoms with E-state index in [4.69, 9.17) is 33.2 Å². The first kappa shape index (κ1) is 66.9. The molecular weight excluding hydrogens is 1050 g/mol. The number of carbonyl (C=O) groups is 7. The van der Waals surface area contributed by atoms with Crippen LogP contribution < -0.4 is 0 Å². The SMILES string of the molecule is CCOC(=O)C1(C#N)C2/C=C(\C)C(OC)CC3CCC(C)C(O)(O3)C(=O)C(=O)N3CCCCC3C(=O)OC(C(C)CC3CCC(O)C(OC)C3)CC(=O)C(C)/C=C(/C)C(O)C(OC)C(=O)C(C)CC(C)C(CC2)C1(C#N)C(=O)OCC. The van der Waals surface area contributed by atoms with Gasteiger partial charge in [-0.1, -0.05) is 46.8 Å². The monoisotopic (exact) mass is 1140 g/mol. The molecule has 20 heteroatoms. The number of nitrogens with zero attached hydrogens (tertiary/aromatic N) is 3. The molecule has 19 unspecified atom stereocenters. The van der Waals surface area contributed by atoms with Crippen LogP contribution in [0.15, 0.2) is 23.3 Å². The number of hydrogen-bond acceptors (Lipinski definition) is 19. The van der Waals surface area contributed by atoms with E-state index in [1.54, 1.807) is 47.6 Å². The number of amides is 1. The van der Waals surface area contributed by atoms with Gasteiger partial charge in [0.2, 0.25) is 5.79 Å². The van der Waals surface area contributed by atoms with Crippen LogP contribution in [0.2, 0.25) is 0 Å². The number of methoxy groups -OCH3 is 3. The van der Waals surface area contributed by atoms with Crippen molar-refractivity contribution in [3.8, 4) is 12.1 Å². The van der Waals surface area contributed by atoms with Crippen molar-refractivity contribution in [2.24, 2.45) is 58.2 Å². The van der Waals surface area contributed by atoms with E-state index >= 15 is 0 Å². The van der Waals surface area contributed by atoms with E-state index in [-0.39, 0.29) is 82.0 Å². The maximum atomic E-state index is 14.7. The van der Waals surface area contributed by atoms with E-state index in [2.05, 4.69) is 12.1 Å². The van der Waals surface area contributed by atoms with Crippen LogP contribution in [0.5, 0.6) is 0 Å². The van der Waals surface area contributed by atoms with E-state index in [0.717, 1.165) is 4.90 Å². The Hall–Kier alpha value is -4.93. The summed E-state index contributed by atoms with van der Waals surface area (Å²) in [5.41, 5.74) is -4.31. The molecule has 20 nitrogen and oxygen atoms in total. The average Bonchev–Trinajstić information content (AvgIpc) is 3.64. The number of allylic oxidation sites excluding steroid dienone is 2. The summed E-state index contributed by atoms with van der Waals surface area (Å²) in [4.78, 5) is 103. The van der Waals surface area contributed by atoms with Crippen molar-refractivity contribution in [1.29, 1.82) is 10.5 Å². The number of aliphatic hydroxyl groups is 3. The lowest BCUT2D eigenvalue weighted by atomic mass is 9.46. The van der Waals surface area contributed by atoms with Crippen LogP contribution in [0.4, 0.5) is 0 Å². The Kier molecular flexibility index (Phi) is 24.0. The first-order valence-corrected chi connectivity index (χ1v) is 29.3. The molecule has 2 saturated heterocycles. The van der Waals surface area contributed by atoms with Crippen molar-refractivity contribution in [3.05, 3.63) is 23.3 Å². The van der Waals surface area contributed by atoms with Crippen LogP contribution in [0.3, 0.4) is 0 Å². The van der Waals surface area contributed by atoms with E-state index in [1.165, 1.54) is 41.3 Å². The molecule has 6 rings (SSSR count). The van der Waals surface area contributed by atoms with Gasteiger partial charge in [-0.05, 0) is 140 Å². The lowest BCUT2D eigenvalue weighted by Crippen LogP contribution is -2.63. The van der Waals surface area contributed by atoms with Gasteiger partial charge in [0.25, 0.3) is 11.7 Å². The van der Waals surface area contributed by atoms with E-state index in [1.807, 2.05) is 6.92 Å². The second kappa shape index (κ2) is 29.1. The summed E-state index contributed by atoms with van der Waals surface area (Å²) in [5.74, 6) is -15.0. The maximum Gasteiger partial charge on any atom is 0.329 e. The maximum absolute atomic E-state index is 14.7. The lowest BCUT2D eigenvalue weighted by Gasteiger charge is -2.51. The molecule has 2 saturated carbocycles. The molecule has 3 N–H and O–H groups in total. The predicted molar refractivity (Wildman–Crippen MR) is 292 cm³/mol.